The Hall–Kier alpha value is -1.63. The molecule has 96 valence electrons. The van der Waals surface area contributed by atoms with Crippen LogP contribution in [0.1, 0.15) is 19.3 Å². The summed E-state index contributed by atoms with van der Waals surface area (Å²) in [6.45, 7) is 0.606. The van der Waals surface area contributed by atoms with E-state index in [2.05, 4.69) is 4.74 Å². The van der Waals surface area contributed by atoms with Crippen LogP contribution in [0.3, 0.4) is 0 Å². The Balaban J connectivity index is 2.56. The highest BCUT2D eigenvalue weighted by Crippen LogP contribution is 2.17. The lowest BCUT2D eigenvalue weighted by atomic mass is 10.0. The average Bonchev–Trinajstić information content (AvgIpc) is 2.27. The molecule has 0 aromatic carbocycles. The zero-order valence-electron chi connectivity index (χ0n) is 9.77. The summed E-state index contributed by atoms with van der Waals surface area (Å²) in [5, 5.41) is 1.97. The lowest BCUT2D eigenvalue weighted by Gasteiger charge is -2.32. The molecule has 7 heteroatoms. The van der Waals surface area contributed by atoms with Gasteiger partial charge in [-0.1, -0.05) is 6.42 Å². The lowest BCUT2D eigenvalue weighted by molar-refractivity contribution is -0.148. The van der Waals surface area contributed by atoms with Crippen molar-refractivity contribution in [3.05, 3.63) is 0 Å². The monoisotopic (exact) mass is 243 g/mol. The number of esters is 1. The number of nitrogens with zero attached hydrogens (tertiary/aromatic N) is 1. The molecule has 7 nitrogen and oxygen atoms in total. The fourth-order valence-electron chi connectivity index (χ4n) is 1.94. The van der Waals surface area contributed by atoms with Crippen LogP contribution in [0.5, 0.6) is 0 Å². The van der Waals surface area contributed by atoms with E-state index in [0.717, 1.165) is 12.8 Å². The molecule has 0 spiro atoms. The number of piperidine rings is 1. The summed E-state index contributed by atoms with van der Waals surface area (Å²) in [6, 6.07) is -1.30. The van der Waals surface area contributed by atoms with Gasteiger partial charge in [-0.25, -0.2) is 4.79 Å². The van der Waals surface area contributed by atoms with Crippen LogP contribution in [0, 0.1) is 0 Å². The van der Waals surface area contributed by atoms with Crippen LogP contribution in [-0.4, -0.2) is 49.0 Å². The summed E-state index contributed by atoms with van der Waals surface area (Å²) in [6.07, 6.45) is 2.50. The van der Waals surface area contributed by atoms with Crippen molar-refractivity contribution in [1.82, 2.24) is 10.2 Å². The smallest absolute Gasteiger partial charge is 0.323 e. The molecular weight excluding hydrogens is 226 g/mol. The number of likely N-dealkylation sites (tertiary alicyclic amines) is 1. The van der Waals surface area contributed by atoms with Crippen molar-refractivity contribution in [3.63, 3.8) is 0 Å². The van der Waals surface area contributed by atoms with E-state index in [0.29, 0.717) is 13.0 Å². The second kappa shape index (κ2) is 6.19. The van der Waals surface area contributed by atoms with E-state index in [1.54, 1.807) is 4.90 Å². The van der Waals surface area contributed by atoms with Gasteiger partial charge in [0.05, 0.1) is 13.7 Å². The highest BCUT2D eigenvalue weighted by molar-refractivity contribution is 5.94. The Bertz CT molecular complexity index is 319. The summed E-state index contributed by atoms with van der Waals surface area (Å²) < 4.78 is 4.68. The van der Waals surface area contributed by atoms with E-state index in [4.69, 9.17) is 5.73 Å². The second-order valence-corrected chi connectivity index (χ2v) is 3.92. The van der Waals surface area contributed by atoms with Crippen LogP contribution in [-0.2, 0) is 14.3 Å². The van der Waals surface area contributed by atoms with Crippen molar-refractivity contribution >= 4 is 17.9 Å². The molecule has 1 aliphatic heterocycles. The maximum Gasteiger partial charge on any atom is 0.323 e. The molecule has 1 fully saturated rings. The van der Waals surface area contributed by atoms with Crippen molar-refractivity contribution in [1.29, 1.82) is 0 Å². The number of amides is 3. The molecule has 0 bridgehead atoms. The number of carbonyl (C=O) groups excluding carboxylic acids is 3. The van der Waals surface area contributed by atoms with Crippen LogP contribution in [0.15, 0.2) is 0 Å². The van der Waals surface area contributed by atoms with Gasteiger partial charge in [0.1, 0.15) is 6.04 Å². The predicted molar refractivity (Wildman–Crippen MR) is 59.0 cm³/mol. The first-order valence-corrected chi connectivity index (χ1v) is 5.45. The standard InChI is InChI=1S/C10H17N3O4/c1-17-9(15)7-4-2-3-5-13(7)6-8(14)12-10(11)16/h7H,2-6H2,1H3,(H3,11,12,14,16)/t7-/m1/s1. The van der Waals surface area contributed by atoms with Crippen LogP contribution >= 0.6 is 0 Å². The Kier molecular flexibility index (Phi) is 4.89. The van der Waals surface area contributed by atoms with Gasteiger partial charge in [-0.3, -0.25) is 19.8 Å². The minimum atomic E-state index is -0.887. The van der Waals surface area contributed by atoms with Crippen LogP contribution in [0.25, 0.3) is 0 Å². The maximum atomic E-state index is 11.5. The van der Waals surface area contributed by atoms with E-state index >= 15 is 0 Å². The first-order valence-electron chi connectivity index (χ1n) is 5.45. The summed E-state index contributed by atoms with van der Waals surface area (Å²) in [5.74, 6) is -0.857. The normalized spacial score (nSPS) is 20.6. The molecule has 0 aromatic rings. The largest absolute Gasteiger partial charge is 0.468 e. The van der Waals surface area contributed by atoms with Gasteiger partial charge in [-0.2, -0.15) is 0 Å². The van der Waals surface area contributed by atoms with Gasteiger partial charge in [-0.15, -0.1) is 0 Å². The van der Waals surface area contributed by atoms with E-state index in [1.807, 2.05) is 5.32 Å². The number of methoxy groups -OCH3 is 1. The Morgan fingerprint density at radius 1 is 1.41 bits per heavy atom. The fourth-order valence-corrected chi connectivity index (χ4v) is 1.94. The summed E-state index contributed by atoms with van der Waals surface area (Å²) in [4.78, 5) is 35.1. The zero-order chi connectivity index (χ0) is 12.8. The summed E-state index contributed by atoms with van der Waals surface area (Å²) in [5.41, 5.74) is 4.84. The number of hydrogen-bond donors (Lipinski definition) is 2. The molecule has 0 radical (unpaired) electrons. The number of nitrogens with two attached hydrogens (primary N) is 1. The average molecular weight is 243 g/mol. The number of ether oxygens (including phenoxy) is 1. The molecular formula is C10H17N3O4. The number of carbonyl (C=O) groups is 3. The van der Waals surface area contributed by atoms with E-state index in [-0.39, 0.29) is 12.5 Å². The fraction of sp³-hybridized carbons (Fsp3) is 0.700. The predicted octanol–water partition coefficient (Wildman–Crippen LogP) is -0.791. The molecule has 0 unspecified atom stereocenters. The van der Waals surface area contributed by atoms with Crippen LogP contribution < -0.4 is 11.1 Å². The SMILES string of the molecule is COC(=O)[C@H]1CCCCN1CC(=O)NC(N)=O. The number of primary amides is 1. The van der Waals surface area contributed by atoms with Crippen molar-refractivity contribution in [2.75, 3.05) is 20.2 Å². The number of hydrogen-bond acceptors (Lipinski definition) is 5. The quantitative estimate of drug-likeness (QED) is 0.632. The highest BCUT2D eigenvalue weighted by Gasteiger charge is 2.30. The summed E-state index contributed by atoms with van der Waals surface area (Å²) in [7, 11) is 1.32. The third-order valence-corrected chi connectivity index (χ3v) is 2.70. The Labute approximate surface area is 99.3 Å². The third-order valence-electron chi connectivity index (χ3n) is 2.70. The molecule has 17 heavy (non-hydrogen) atoms. The maximum absolute atomic E-state index is 11.5. The van der Waals surface area contributed by atoms with Crippen molar-refractivity contribution < 1.29 is 19.1 Å². The van der Waals surface area contributed by atoms with Crippen molar-refractivity contribution in [3.8, 4) is 0 Å². The van der Waals surface area contributed by atoms with E-state index in [9.17, 15) is 14.4 Å². The van der Waals surface area contributed by atoms with Gasteiger partial charge in [0, 0.05) is 0 Å². The van der Waals surface area contributed by atoms with Crippen molar-refractivity contribution in [2.24, 2.45) is 5.73 Å². The van der Waals surface area contributed by atoms with Gasteiger partial charge < -0.3 is 10.5 Å². The molecule has 0 aliphatic carbocycles. The van der Waals surface area contributed by atoms with Gasteiger partial charge >= 0.3 is 12.0 Å². The molecule has 1 atom stereocenters. The van der Waals surface area contributed by atoms with Crippen molar-refractivity contribution in [2.45, 2.75) is 25.3 Å². The topological polar surface area (TPSA) is 102 Å². The Morgan fingerprint density at radius 2 is 2.12 bits per heavy atom. The Morgan fingerprint density at radius 3 is 2.71 bits per heavy atom. The minimum absolute atomic E-state index is 0.0251. The molecule has 0 saturated carbocycles. The zero-order valence-corrected chi connectivity index (χ0v) is 9.77. The van der Waals surface area contributed by atoms with Gasteiger partial charge in [0.15, 0.2) is 0 Å². The molecule has 3 amide bonds. The first kappa shape index (κ1) is 13.4. The van der Waals surface area contributed by atoms with E-state index in [1.165, 1.54) is 7.11 Å². The van der Waals surface area contributed by atoms with Gasteiger partial charge in [-0.05, 0) is 19.4 Å². The molecule has 1 saturated heterocycles. The number of urea groups is 1. The molecule has 3 N–H and O–H groups in total. The van der Waals surface area contributed by atoms with Gasteiger partial charge in [0.2, 0.25) is 5.91 Å². The number of imide groups is 1. The second-order valence-electron chi connectivity index (χ2n) is 3.92. The first-order chi connectivity index (χ1) is 8.04. The molecule has 1 rings (SSSR count). The molecule has 0 aromatic heterocycles. The number of rotatable bonds is 3. The summed E-state index contributed by atoms with van der Waals surface area (Å²) >= 11 is 0. The van der Waals surface area contributed by atoms with Gasteiger partial charge in [0.25, 0.3) is 0 Å². The lowest BCUT2D eigenvalue weighted by Crippen LogP contribution is -2.50. The van der Waals surface area contributed by atoms with Crippen LogP contribution in [0.4, 0.5) is 4.79 Å². The van der Waals surface area contributed by atoms with E-state index < -0.39 is 18.0 Å². The minimum Gasteiger partial charge on any atom is -0.468 e. The molecule has 1 heterocycles. The molecule has 1 aliphatic rings. The van der Waals surface area contributed by atoms with Crippen LogP contribution in [0.2, 0.25) is 0 Å². The third kappa shape index (κ3) is 4.03. The number of nitrogens with one attached hydrogen (secondary N) is 1. The highest BCUT2D eigenvalue weighted by atomic mass is 16.5.